The molecule has 8 aromatic carbocycles. The van der Waals surface area contributed by atoms with E-state index in [1.54, 1.807) is 85.9 Å². The van der Waals surface area contributed by atoms with Crippen molar-refractivity contribution in [2.24, 2.45) is 0 Å². The highest BCUT2D eigenvalue weighted by atomic mass is 19.4. The molecule has 628 valence electrons. The zero-order valence-corrected chi connectivity index (χ0v) is 66.9. The molecule has 0 radical (unpaired) electrons. The van der Waals surface area contributed by atoms with E-state index in [0.717, 1.165) is 80.2 Å². The second-order valence-corrected chi connectivity index (χ2v) is 29.4. The summed E-state index contributed by atoms with van der Waals surface area (Å²) in [7, 11) is 1.46. The van der Waals surface area contributed by atoms with Gasteiger partial charge in [0.2, 0.25) is 29.5 Å². The van der Waals surface area contributed by atoms with E-state index >= 15 is 0 Å². The number of benzene rings is 8. The van der Waals surface area contributed by atoms with Crippen LogP contribution in [0.3, 0.4) is 0 Å². The number of aryl methyl sites for hydroxylation is 4. The molecule has 1 aliphatic rings. The lowest BCUT2D eigenvalue weighted by Gasteiger charge is -2.21. The van der Waals surface area contributed by atoms with E-state index in [0.29, 0.717) is 135 Å². The number of carbonyl (C=O) groups is 5. The van der Waals surface area contributed by atoms with Crippen LogP contribution in [0.1, 0.15) is 108 Å². The lowest BCUT2D eigenvalue weighted by molar-refractivity contribution is -0.138. The molecule has 1 aliphatic heterocycles. The SMILES string of the molecule is CCOC(=O)c1cc(C(C)(C)C)ccc1CCC(=O)Nc1ccc2c(c1)OCCO2.COc1ccc(-c2cc(C(F)(F)F)ccc2CCC(=O)Nc2ccc3[nH]ccc3c2)cn1.O=C(CCc1ccc(C(F)(F)F)cc1-c1cccnc1)Nc1ccc2[nH]ccc2c1.O=C(CCc1ccc(C(F)(F)F)cc1-c1ccncc1)Nc1ccc2[nH]ccc2c1. The lowest BCUT2D eigenvalue weighted by atomic mass is 9.84. The normalized spacial score (nSPS) is 11.9. The molecule has 4 amide bonds. The van der Waals surface area contributed by atoms with Crippen molar-refractivity contribution in [3.63, 3.8) is 0 Å². The maximum absolute atomic E-state index is 13.3. The fourth-order valence-corrected chi connectivity index (χ4v) is 13.5. The average molecular weight is 1670 g/mol. The number of H-pyrrole nitrogens is 3. The zero-order chi connectivity index (χ0) is 86.7. The van der Waals surface area contributed by atoms with Crippen LogP contribution in [-0.4, -0.2) is 86.4 Å². The second-order valence-electron chi connectivity index (χ2n) is 29.4. The van der Waals surface area contributed by atoms with Crippen molar-refractivity contribution in [2.75, 3.05) is 48.2 Å². The Morgan fingerprint density at radius 3 is 1.23 bits per heavy atom. The molecule has 0 unspecified atom stereocenters. The first kappa shape index (κ1) is 87.3. The van der Waals surface area contributed by atoms with Crippen molar-refractivity contribution in [2.45, 2.75) is 103 Å². The van der Waals surface area contributed by atoms with E-state index in [1.165, 1.54) is 50.1 Å². The molecular formula is C94H85F9N10O9. The molecule has 6 aromatic heterocycles. The number of aromatic amines is 3. The summed E-state index contributed by atoms with van der Waals surface area (Å²) in [4.78, 5) is 83.6. The Bertz CT molecular complexity index is 5810. The third kappa shape index (κ3) is 23.7. The third-order valence-corrected chi connectivity index (χ3v) is 19.8. The largest absolute Gasteiger partial charge is 0.486 e. The summed E-state index contributed by atoms with van der Waals surface area (Å²) in [5, 5.41) is 14.3. The highest BCUT2D eigenvalue weighted by Gasteiger charge is 2.34. The summed E-state index contributed by atoms with van der Waals surface area (Å²) < 4.78 is 140. The molecule has 7 N–H and O–H groups in total. The van der Waals surface area contributed by atoms with Gasteiger partial charge in [0.1, 0.15) is 13.2 Å². The van der Waals surface area contributed by atoms with E-state index in [9.17, 15) is 63.5 Å². The first-order chi connectivity index (χ1) is 58.4. The molecule has 0 atom stereocenters. The molecule has 28 heteroatoms. The van der Waals surface area contributed by atoms with Crippen LogP contribution < -0.4 is 35.5 Å². The van der Waals surface area contributed by atoms with E-state index in [4.69, 9.17) is 18.9 Å². The number of methoxy groups -OCH3 is 1. The number of ether oxygens (including phenoxy) is 4. The number of hydrogen-bond acceptors (Lipinski definition) is 12. The third-order valence-electron chi connectivity index (χ3n) is 19.8. The minimum atomic E-state index is -4.47. The number of aromatic nitrogens is 6. The molecule has 0 bridgehead atoms. The summed E-state index contributed by atoms with van der Waals surface area (Å²) in [5.41, 5.74) is 10.6. The zero-order valence-electron chi connectivity index (χ0n) is 66.9. The fraction of sp³-hybridized carbons (Fsp3) is 0.213. The summed E-state index contributed by atoms with van der Waals surface area (Å²) in [6.07, 6.45) is 1.70. The number of anilines is 4. The minimum absolute atomic E-state index is 0.0879. The second kappa shape index (κ2) is 39.2. The van der Waals surface area contributed by atoms with E-state index in [2.05, 4.69) is 71.9 Å². The number of amides is 4. The van der Waals surface area contributed by atoms with Gasteiger partial charge in [-0.25, -0.2) is 9.78 Å². The first-order valence-electron chi connectivity index (χ1n) is 38.9. The number of alkyl halides is 9. The summed E-state index contributed by atoms with van der Waals surface area (Å²) in [6.45, 7) is 9.39. The standard InChI is InChI=1S/C24H20F3N3O2.C24H29NO5.2C23H18F3N3O/c1-32-23-9-4-17(14-29-23)20-13-18(24(25,26)27)5-2-15(20)3-8-22(31)30-19-6-7-21-16(12-19)10-11-28-21;1-5-28-23(27)19-14-17(24(2,3)4)8-6-16(19)7-11-22(26)25-18-9-10-20-21(15-18)30-13-12-29-20;24-23(25,26)18-3-1-15(20(14-18)16-7-10-27-11-8-16)2-6-22(30)29-19-4-5-21-17(13-19)9-12-28-21;24-23(25,26)18-5-3-15(20(13-18)17-2-1-10-27-14-17)4-8-22(30)29-19-6-7-21-16(12-19)9-11-28-21/h2,4-7,9-14,28H,3,8H2,1H3,(H,30,31);6,8-10,14-15H,5,7,11-13H2,1-4H3,(H,25,26);1,3-5,7-14,28H,2,6H2,(H,29,30);1-3,5-7,9-14,28H,4,8H2,(H,29,30). The van der Waals surface area contributed by atoms with Crippen LogP contribution in [0.25, 0.3) is 66.1 Å². The van der Waals surface area contributed by atoms with Gasteiger partial charge in [-0.3, -0.25) is 29.1 Å². The monoisotopic (exact) mass is 1670 g/mol. The smallest absolute Gasteiger partial charge is 0.416 e. The Balaban J connectivity index is 0.000000149. The van der Waals surface area contributed by atoms with Gasteiger partial charge in [0.25, 0.3) is 0 Å². The molecular weight excluding hydrogens is 1580 g/mol. The maximum Gasteiger partial charge on any atom is 0.416 e. The summed E-state index contributed by atoms with van der Waals surface area (Å²) in [5.74, 6) is 0.540. The van der Waals surface area contributed by atoms with Crippen molar-refractivity contribution in [3.8, 4) is 50.8 Å². The summed E-state index contributed by atoms with van der Waals surface area (Å²) in [6, 6.07) is 54.2. The van der Waals surface area contributed by atoms with Crippen LogP contribution >= 0.6 is 0 Å². The number of carbonyl (C=O) groups excluding carboxylic acids is 5. The molecule has 7 heterocycles. The van der Waals surface area contributed by atoms with Crippen LogP contribution in [0.5, 0.6) is 17.4 Å². The molecule has 14 aromatic rings. The number of hydrogen-bond donors (Lipinski definition) is 7. The number of nitrogens with one attached hydrogen (secondary N) is 7. The predicted molar refractivity (Wildman–Crippen MR) is 452 cm³/mol. The highest BCUT2D eigenvalue weighted by Crippen LogP contribution is 2.40. The Hall–Kier alpha value is -14.1. The Labute approximate surface area is 695 Å². The van der Waals surface area contributed by atoms with Gasteiger partial charge in [-0.15, -0.1) is 0 Å². The maximum atomic E-state index is 13.3. The average Bonchev–Trinajstić information content (AvgIpc) is 1.32. The van der Waals surface area contributed by atoms with Crippen LogP contribution in [0.2, 0.25) is 0 Å². The number of halogens is 9. The van der Waals surface area contributed by atoms with Crippen molar-refractivity contribution >= 4 is 85.1 Å². The van der Waals surface area contributed by atoms with E-state index in [1.807, 2.05) is 91.4 Å². The number of nitrogens with zero attached hydrogens (tertiary/aromatic N) is 3. The van der Waals surface area contributed by atoms with Crippen molar-refractivity contribution in [3.05, 3.63) is 300 Å². The quantitative estimate of drug-likeness (QED) is 0.0247. The molecule has 15 rings (SSSR count). The molecule has 0 saturated carbocycles. The molecule has 0 fully saturated rings. The van der Waals surface area contributed by atoms with Gasteiger partial charge in [0.05, 0.1) is 36.0 Å². The Morgan fingerprint density at radius 1 is 0.410 bits per heavy atom. The van der Waals surface area contributed by atoms with Gasteiger partial charge in [0.15, 0.2) is 11.5 Å². The molecule has 0 spiro atoms. The van der Waals surface area contributed by atoms with Crippen LogP contribution in [0.15, 0.2) is 250 Å². The topological polar surface area (TPSA) is 256 Å². The van der Waals surface area contributed by atoms with E-state index < -0.39 is 35.2 Å². The predicted octanol–water partition coefficient (Wildman–Crippen LogP) is 22.0. The molecule has 122 heavy (non-hydrogen) atoms. The minimum Gasteiger partial charge on any atom is -0.486 e. The van der Waals surface area contributed by atoms with Gasteiger partial charge in [-0.2, -0.15) is 39.5 Å². The fourth-order valence-electron chi connectivity index (χ4n) is 13.5. The van der Waals surface area contributed by atoms with Gasteiger partial charge < -0.3 is 55.2 Å². The van der Waals surface area contributed by atoms with E-state index in [-0.39, 0.29) is 67.1 Å². The Kier molecular flexibility index (Phi) is 28.1. The highest BCUT2D eigenvalue weighted by molar-refractivity contribution is 5.97. The van der Waals surface area contributed by atoms with Gasteiger partial charge >= 0.3 is 24.5 Å². The van der Waals surface area contributed by atoms with Crippen molar-refractivity contribution < 1.29 is 82.4 Å². The Morgan fingerprint density at radius 2 is 0.820 bits per heavy atom. The van der Waals surface area contributed by atoms with Crippen molar-refractivity contribution in [1.82, 2.24) is 29.9 Å². The van der Waals surface area contributed by atoms with Gasteiger partial charge in [0, 0.05) is 154 Å². The van der Waals surface area contributed by atoms with Crippen LogP contribution in [0.4, 0.5) is 62.3 Å². The van der Waals surface area contributed by atoms with Gasteiger partial charge in [-0.1, -0.05) is 57.2 Å². The number of esters is 1. The summed E-state index contributed by atoms with van der Waals surface area (Å²) >= 11 is 0. The van der Waals surface area contributed by atoms with Crippen molar-refractivity contribution in [1.29, 1.82) is 0 Å². The first-order valence-corrected chi connectivity index (χ1v) is 38.9. The number of pyridine rings is 3. The number of rotatable bonds is 22. The molecule has 0 aliphatic carbocycles. The van der Waals surface area contributed by atoms with Crippen LogP contribution in [0, 0.1) is 0 Å². The van der Waals surface area contributed by atoms with Gasteiger partial charge in [-0.05, 0) is 240 Å². The molecule has 0 saturated heterocycles. The number of fused-ring (bicyclic) bond motifs is 4. The molecule has 19 nitrogen and oxygen atoms in total. The van der Waals surface area contributed by atoms with Crippen LogP contribution in [-0.2, 0) is 73.5 Å². The lowest BCUT2D eigenvalue weighted by Crippen LogP contribution is -2.17.